The lowest BCUT2D eigenvalue weighted by Crippen LogP contribution is -2.57. The molecular formula is C12H14ClF3N4O2. The summed E-state index contributed by atoms with van der Waals surface area (Å²) in [6.07, 6.45) is -5.79. The number of amides is 1. The molecule has 1 atom stereocenters. The normalized spacial score (nSPS) is 22.2. The van der Waals surface area contributed by atoms with Crippen LogP contribution in [0.5, 0.6) is 0 Å². The molecular weight excluding hydrogens is 325 g/mol. The Morgan fingerprint density at radius 1 is 1.41 bits per heavy atom. The zero-order chi connectivity index (χ0) is 16.9. The van der Waals surface area contributed by atoms with Crippen LogP contribution < -0.4 is 0 Å². The van der Waals surface area contributed by atoms with E-state index in [2.05, 4.69) is 10.2 Å². The minimum absolute atomic E-state index is 0.0135. The van der Waals surface area contributed by atoms with Gasteiger partial charge in [-0.05, 0) is 20.8 Å². The molecule has 1 amide bonds. The second kappa shape index (κ2) is 5.24. The van der Waals surface area contributed by atoms with Gasteiger partial charge in [-0.3, -0.25) is 9.48 Å². The van der Waals surface area contributed by atoms with Gasteiger partial charge >= 0.3 is 6.18 Å². The van der Waals surface area contributed by atoms with Gasteiger partial charge in [0, 0.05) is 12.1 Å². The van der Waals surface area contributed by atoms with Crippen molar-refractivity contribution in [3.8, 4) is 0 Å². The van der Waals surface area contributed by atoms with Crippen LogP contribution in [-0.2, 0) is 11.3 Å². The van der Waals surface area contributed by atoms with Crippen molar-refractivity contribution in [3.63, 3.8) is 0 Å². The topological polar surface area (TPSA) is 70.7 Å². The summed E-state index contributed by atoms with van der Waals surface area (Å²) in [6, 6.07) is 0. The molecule has 10 heteroatoms. The lowest BCUT2D eigenvalue weighted by atomic mass is 10.1. The summed E-state index contributed by atoms with van der Waals surface area (Å²) in [6.45, 7) is 4.00. The summed E-state index contributed by atoms with van der Waals surface area (Å²) in [4.78, 5) is 12.2. The number of rotatable bonds is 2. The Morgan fingerprint density at radius 3 is 2.45 bits per heavy atom. The van der Waals surface area contributed by atoms with Gasteiger partial charge in [-0.15, -0.1) is 0 Å². The Kier molecular flexibility index (Phi) is 3.99. The molecule has 1 aromatic heterocycles. The summed E-state index contributed by atoms with van der Waals surface area (Å²) in [5, 5.41) is 17.8. The number of carbonyl (C=O) groups is 1. The summed E-state index contributed by atoms with van der Waals surface area (Å²) >= 11 is 5.93. The van der Waals surface area contributed by atoms with Crippen LogP contribution in [0.2, 0.25) is 5.02 Å². The van der Waals surface area contributed by atoms with Crippen molar-refractivity contribution in [1.82, 2.24) is 14.8 Å². The van der Waals surface area contributed by atoms with Crippen molar-refractivity contribution >= 4 is 23.2 Å². The Bertz CT molecular complexity index is 656. The zero-order valence-corrected chi connectivity index (χ0v) is 12.8. The monoisotopic (exact) mass is 338 g/mol. The molecule has 1 aliphatic heterocycles. The molecule has 0 aliphatic carbocycles. The quantitative estimate of drug-likeness (QED) is 0.896. The predicted molar refractivity (Wildman–Crippen MR) is 72.3 cm³/mol. The molecule has 0 fully saturated rings. The minimum Gasteiger partial charge on any atom is -0.362 e. The largest absolute Gasteiger partial charge is 0.438 e. The van der Waals surface area contributed by atoms with Crippen LogP contribution in [0, 0.1) is 13.8 Å². The third-order valence-corrected chi connectivity index (χ3v) is 3.94. The molecule has 1 N–H and O–H groups in total. The second-order valence-corrected chi connectivity index (χ2v) is 5.55. The highest BCUT2D eigenvalue weighted by Crippen LogP contribution is 2.40. The molecule has 0 saturated carbocycles. The number of nitrogens with zero attached hydrogens (tertiary/aromatic N) is 4. The van der Waals surface area contributed by atoms with Gasteiger partial charge in [-0.25, -0.2) is 0 Å². The summed E-state index contributed by atoms with van der Waals surface area (Å²) < 4.78 is 40.3. The lowest BCUT2D eigenvalue weighted by Gasteiger charge is -2.32. The van der Waals surface area contributed by atoms with E-state index >= 15 is 0 Å². The van der Waals surface area contributed by atoms with Gasteiger partial charge in [0.1, 0.15) is 6.54 Å². The van der Waals surface area contributed by atoms with Gasteiger partial charge in [0.15, 0.2) is 0 Å². The summed E-state index contributed by atoms with van der Waals surface area (Å²) in [5.74, 6) is -1.03. The first kappa shape index (κ1) is 16.8. The Morgan fingerprint density at radius 2 is 2.00 bits per heavy atom. The van der Waals surface area contributed by atoms with Crippen molar-refractivity contribution in [2.24, 2.45) is 5.10 Å². The number of hydrazone groups is 1. The number of hydrogen-bond donors (Lipinski definition) is 1. The Balaban J connectivity index is 2.30. The average Bonchev–Trinajstić information content (AvgIpc) is 2.82. The van der Waals surface area contributed by atoms with E-state index < -0.39 is 30.8 Å². The van der Waals surface area contributed by atoms with Gasteiger partial charge in [0.05, 0.1) is 16.4 Å². The standard InChI is InChI=1S/C12H14ClF3N4O2/c1-6-4-11(22,12(14,15)16)20(17-6)9(21)5-19-8(3)10(13)7(2)18-19/h22H,4-5H2,1-3H3/t11-/m0/s1. The van der Waals surface area contributed by atoms with Gasteiger partial charge in [0.25, 0.3) is 11.6 Å². The maximum absolute atomic E-state index is 13.1. The van der Waals surface area contributed by atoms with E-state index in [1.165, 1.54) is 11.6 Å². The molecule has 122 valence electrons. The second-order valence-electron chi connectivity index (χ2n) is 5.17. The fourth-order valence-corrected chi connectivity index (χ4v) is 2.36. The minimum atomic E-state index is -5.02. The van der Waals surface area contributed by atoms with E-state index in [4.69, 9.17) is 11.6 Å². The van der Waals surface area contributed by atoms with Crippen molar-refractivity contribution in [1.29, 1.82) is 0 Å². The highest BCUT2D eigenvalue weighted by molar-refractivity contribution is 6.31. The predicted octanol–water partition coefficient (Wildman–Crippen LogP) is 2.01. The number of hydrogen-bond acceptors (Lipinski definition) is 4. The van der Waals surface area contributed by atoms with Crippen molar-refractivity contribution in [2.45, 2.75) is 45.6 Å². The maximum Gasteiger partial charge on any atom is 0.438 e. The number of aryl methyl sites for hydroxylation is 1. The number of carbonyl (C=O) groups excluding carboxylic acids is 1. The SMILES string of the molecule is CC1=NN(C(=O)Cn2nc(C)c(Cl)c2C)[C@@](O)(C(F)(F)F)C1. The molecule has 22 heavy (non-hydrogen) atoms. The fourth-order valence-electron chi connectivity index (χ4n) is 2.23. The van der Waals surface area contributed by atoms with E-state index in [0.29, 0.717) is 16.4 Å². The van der Waals surface area contributed by atoms with Crippen molar-refractivity contribution in [3.05, 3.63) is 16.4 Å². The molecule has 0 bridgehead atoms. The number of aliphatic hydroxyl groups is 1. The molecule has 2 rings (SSSR count). The summed E-state index contributed by atoms with van der Waals surface area (Å²) in [5.41, 5.74) is -2.41. The molecule has 0 unspecified atom stereocenters. The molecule has 0 spiro atoms. The van der Waals surface area contributed by atoms with Crippen LogP contribution in [0.3, 0.4) is 0 Å². The van der Waals surface area contributed by atoms with Crippen LogP contribution in [-0.4, -0.2) is 43.4 Å². The maximum atomic E-state index is 13.1. The van der Waals surface area contributed by atoms with E-state index in [9.17, 15) is 23.1 Å². The molecule has 6 nitrogen and oxygen atoms in total. The highest BCUT2D eigenvalue weighted by Gasteiger charge is 2.62. The molecule has 2 heterocycles. The number of aromatic nitrogens is 2. The van der Waals surface area contributed by atoms with E-state index in [-0.39, 0.29) is 10.7 Å². The van der Waals surface area contributed by atoms with Gasteiger partial charge in [-0.2, -0.15) is 28.4 Å². The molecule has 0 radical (unpaired) electrons. The van der Waals surface area contributed by atoms with Crippen molar-refractivity contribution in [2.75, 3.05) is 0 Å². The van der Waals surface area contributed by atoms with Crippen LogP contribution in [0.4, 0.5) is 13.2 Å². The zero-order valence-electron chi connectivity index (χ0n) is 12.1. The van der Waals surface area contributed by atoms with E-state index in [1.807, 2.05) is 0 Å². The Hall–Kier alpha value is -1.61. The van der Waals surface area contributed by atoms with Gasteiger partial charge < -0.3 is 5.11 Å². The molecule has 1 aliphatic rings. The van der Waals surface area contributed by atoms with Crippen LogP contribution in [0.15, 0.2) is 5.10 Å². The Labute approximate surface area is 129 Å². The molecule has 0 saturated heterocycles. The third kappa shape index (κ3) is 2.58. The third-order valence-electron chi connectivity index (χ3n) is 3.39. The fraction of sp³-hybridized carbons (Fsp3) is 0.583. The van der Waals surface area contributed by atoms with Crippen LogP contribution in [0.1, 0.15) is 24.7 Å². The molecule has 1 aromatic rings. The van der Waals surface area contributed by atoms with Gasteiger partial charge in [-0.1, -0.05) is 11.6 Å². The number of halogens is 4. The first-order valence-electron chi connectivity index (χ1n) is 6.33. The smallest absolute Gasteiger partial charge is 0.362 e. The lowest BCUT2D eigenvalue weighted by molar-refractivity contribution is -0.302. The van der Waals surface area contributed by atoms with Gasteiger partial charge in [0.2, 0.25) is 0 Å². The van der Waals surface area contributed by atoms with Crippen molar-refractivity contribution < 1.29 is 23.1 Å². The molecule has 0 aromatic carbocycles. The first-order chi connectivity index (χ1) is 9.97. The number of alkyl halides is 3. The summed E-state index contributed by atoms with van der Waals surface area (Å²) in [7, 11) is 0. The average molecular weight is 339 g/mol. The highest BCUT2D eigenvalue weighted by atomic mass is 35.5. The first-order valence-corrected chi connectivity index (χ1v) is 6.71. The van der Waals surface area contributed by atoms with Crippen LogP contribution in [0.25, 0.3) is 0 Å². The van der Waals surface area contributed by atoms with E-state index in [0.717, 1.165) is 0 Å². The van der Waals surface area contributed by atoms with Crippen LogP contribution >= 0.6 is 11.6 Å². The van der Waals surface area contributed by atoms with E-state index in [1.54, 1.807) is 13.8 Å².